The first-order chi connectivity index (χ1) is 12.8. The van der Waals surface area contributed by atoms with Crippen molar-refractivity contribution in [3.63, 3.8) is 0 Å². The molecular formula is C19H12N4O2S. The summed E-state index contributed by atoms with van der Waals surface area (Å²) in [4.78, 5) is 13.9. The van der Waals surface area contributed by atoms with E-state index in [1.165, 1.54) is 0 Å². The Morgan fingerprint density at radius 1 is 1.08 bits per heavy atom. The standard InChI is InChI=1S/C19H12N4O2S/c1-2-12(14-9-23-6-7-26-19(23)21-14)17-13(3-1)20-18(22-17)11-4-5-15-16(8-11)25-10-24-15/h1-9H,10H2,(H,20,22). The molecule has 0 saturated carbocycles. The van der Waals surface area contributed by atoms with E-state index in [4.69, 9.17) is 19.4 Å². The van der Waals surface area contributed by atoms with E-state index in [9.17, 15) is 0 Å². The van der Waals surface area contributed by atoms with Crippen LogP contribution in [0.3, 0.4) is 0 Å². The Morgan fingerprint density at radius 2 is 2.04 bits per heavy atom. The third kappa shape index (κ3) is 1.98. The molecule has 4 heterocycles. The Morgan fingerprint density at radius 3 is 3.00 bits per heavy atom. The fraction of sp³-hybridized carbons (Fsp3) is 0.0526. The van der Waals surface area contributed by atoms with Gasteiger partial charge in [-0.25, -0.2) is 9.97 Å². The van der Waals surface area contributed by atoms with Crippen LogP contribution in [-0.4, -0.2) is 26.1 Å². The average Bonchev–Trinajstić information content (AvgIpc) is 3.41. The van der Waals surface area contributed by atoms with Crippen molar-refractivity contribution in [2.45, 2.75) is 0 Å². The number of fused-ring (bicyclic) bond motifs is 3. The first-order valence-electron chi connectivity index (χ1n) is 8.16. The minimum Gasteiger partial charge on any atom is -0.454 e. The van der Waals surface area contributed by atoms with Gasteiger partial charge in [-0.15, -0.1) is 11.3 Å². The number of H-pyrrole nitrogens is 1. The van der Waals surface area contributed by atoms with E-state index < -0.39 is 0 Å². The number of thiazole rings is 1. The van der Waals surface area contributed by atoms with Crippen molar-refractivity contribution >= 4 is 27.3 Å². The Bertz CT molecular complexity index is 1250. The van der Waals surface area contributed by atoms with Crippen molar-refractivity contribution in [3.8, 4) is 34.1 Å². The number of aromatic nitrogens is 4. The summed E-state index contributed by atoms with van der Waals surface area (Å²) >= 11 is 1.62. The van der Waals surface area contributed by atoms with Crippen LogP contribution in [0.5, 0.6) is 11.5 Å². The monoisotopic (exact) mass is 360 g/mol. The fourth-order valence-corrected chi connectivity index (χ4v) is 3.98. The van der Waals surface area contributed by atoms with Crippen LogP contribution in [0.15, 0.2) is 54.2 Å². The molecule has 1 aliphatic heterocycles. The van der Waals surface area contributed by atoms with Crippen LogP contribution in [-0.2, 0) is 0 Å². The molecule has 0 radical (unpaired) electrons. The van der Waals surface area contributed by atoms with Crippen molar-refractivity contribution in [2.75, 3.05) is 6.79 Å². The van der Waals surface area contributed by atoms with Gasteiger partial charge in [-0.2, -0.15) is 0 Å². The van der Waals surface area contributed by atoms with Gasteiger partial charge in [-0.05, 0) is 24.3 Å². The number of hydrogen-bond donors (Lipinski definition) is 1. The lowest BCUT2D eigenvalue weighted by molar-refractivity contribution is 0.174. The summed E-state index contributed by atoms with van der Waals surface area (Å²) in [5.74, 6) is 2.31. The molecule has 0 aliphatic carbocycles. The molecule has 6 nitrogen and oxygen atoms in total. The van der Waals surface area contributed by atoms with Crippen LogP contribution in [0.1, 0.15) is 0 Å². The lowest BCUT2D eigenvalue weighted by Crippen LogP contribution is -1.92. The number of imidazole rings is 2. The van der Waals surface area contributed by atoms with Gasteiger partial charge in [-0.1, -0.05) is 12.1 Å². The summed E-state index contributed by atoms with van der Waals surface area (Å²) in [7, 11) is 0. The molecule has 6 rings (SSSR count). The molecule has 0 unspecified atom stereocenters. The Kier molecular flexibility index (Phi) is 2.72. The van der Waals surface area contributed by atoms with Gasteiger partial charge in [0.1, 0.15) is 5.82 Å². The smallest absolute Gasteiger partial charge is 0.231 e. The highest BCUT2D eigenvalue weighted by molar-refractivity contribution is 7.15. The molecule has 7 heteroatoms. The summed E-state index contributed by atoms with van der Waals surface area (Å²) in [5, 5.41) is 2.03. The van der Waals surface area contributed by atoms with Crippen LogP contribution >= 0.6 is 11.3 Å². The number of benzene rings is 2. The molecule has 0 spiro atoms. The molecule has 1 N–H and O–H groups in total. The summed E-state index contributed by atoms with van der Waals surface area (Å²) in [6.07, 6.45) is 4.06. The van der Waals surface area contributed by atoms with E-state index in [2.05, 4.69) is 11.1 Å². The maximum absolute atomic E-state index is 5.48. The molecule has 5 aromatic rings. The third-order valence-corrected chi connectivity index (χ3v) is 5.30. The van der Waals surface area contributed by atoms with Crippen LogP contribution < -0.4 is 9.47 Å². The molecule has 126 valence electrons. The van der Waals surface area contributed by atoms with Gasteiger partial charge >= 0.3 is 0 Å². The predicted molar refractivity (Wildman–Crippen MR) is 99.7 cm³/mol. The molecule has 26 heavy (non-hydrogen) atoms. The predicted octanol–water partition coefficient (Wildman–Crippen LogP) is 4.33. The molecule has 0 fully saturated rings. The van der Waals surface area contributed by atoms with E-state index in [0.717, 1.165) is 50.1 Å². The Hall–Kier alpha value is -3.32. The minimum absolute atomic E-state index is 0.264. The quantitative estimate of drug-likeness (QED) is 0.509. The number of nitrogens with zero attached hydrogens (tertiary/aromatic N) is 3. The summed E-state index contributed by atoms with van der Waals surface area (Å²) in [6.45, 7) is 0.264. The summed E-state index contributed by atoms with van der Waals surface area (Å²) in [6, 6.07) is 11.9. The maximum Gasteiger partial charge on any atom is 0.231 e. The van der Waals surface area contributed by atoms with E-state index in [1.807, 2.05) is 52.5 Å². The van der Waals surface area contributed by atoms with Gasteiger partial charge in [0.2, 0.25) is 6.79 Å². The van der Waals surface area contributed by atoms with Gasteiger partial charge in [0.15, 0.2) is 16.5 Å². The van der Waals surface area contributed by atoms with Crippen LogP contribution in [0.4, 0.5) is 0 Å². The molecule has 0 bridgehead atoms. The molecule has 3 aromatic heterocycles. The average molecular weight is 360 g/mol. The van der Waals surface area contributed by atoms with Crippen molar-refractivity contribution in [2.24, 2.45) is 0 Å². The van der Waals surface area contributed by atoms with Crippen molar-refractivity contribution < 1.29 is 9.47 Å². The SMILES string of the molecule is c1cc(-c2cn3ccsc3n2)c2[nH]c(-c3ccc4c(c3)OCO4)nc2c1. The second-order valence-electron chi connectivity index (χ2n) is 6.07. The number of hydrogen-bond acceptors (Lipinski definition) is 5. The van der Waals surface area contributed by atoms with Gasteiger partial charge in [0.25, 0.3) is 0 Å². The number of rotatable bonds is 2. The largest absolute Gasteiger partial charge is 0.454 e. The highest BCUT2D eigenvalue weighted by Gasteiger charge is 2.17. The van der Waals surface area contributed by atoms with Crippen molar-refractivity contribution in [1.82, 2.24) is 19.4 Å². The Labute approximate surface area is 151 Å². The second-order valence-corrected chi connectivity index (χ2v) is 6.95. The van der Waals surface area contributed by atoms with Gasteiger partial charge in [-0.3, -0.25) is 4.40 Å². The molecule has 0 saturated heterocycles. The number of ether oxygens (including phenoxy) is 2. The van der Waals surface area contributed by atoms with E-state index in [-0.39, 0.29) is 6.79 Å². The highest BCUT2D eigenvalue weighted by Crippen LogP contribution is 2.36. The van der Waals surface area contributed by atoms with Gasteiger partial charge in [0, 0.05) is 28.9 Å². The molecule has 1 aliphatic rings. The maximum atomic E-state index is 5.48. The van der Waals surface area contributed by atoms with Crippen molar-refractivity contribution in [1.29, 1.82) is 0 Å². The minimum atomic E-state index is 0.264. The lowest BCUT2D eigenvalue weighted by atomic mass is 10.1. The van der Waals surface area contributed by atoms with Crippen molar-refractivity contribution in [3.05, 3.63) is 54.2 Å². The zero-order valence-corrected chi connectivity index (χ0v) is 14.3. The number of aromatic amines is 1. The van der Waals surface area contributed by atoms with Crippen LogP contribution in [0.25, 0.3) is 38.6 Å². The summed E-state index contributed by atoms with van der Waals surface area (Å²) in [5.41, 5.74) is 4.82. The Balaban J connectivity index is 1.51. The van der Waals surface area contributed by atoms with Crippen LogP contribution in [0.2, 0.25) is 0 Å². The normalized spacial score (nSPS) is 13.1. The van der Waals surface area contributed by atoms with E-state index in [0.29, 0.717) is 0 Å². The van der Waals surface area contributed by atoms with Gasteiger partial charge < -0.3 is 14.5 Å². The molecule has 0 atom stereocenters. The second kappa shape index (κ2) is 5.09. The topological polar surface area (TPSA) is 64.4 Å². The summed E-state index contributed by atoms with van der Waals surface area (Å²) < 4.78 is 12.9. The first kappa shape index (κ1) is 13.9. The molecule has 2 aromatic carbocycles. The zero-order valence-electron chi connectivity index (χ0n) is 13.5. The third-order valence-electron chi connectivity index (χ3n) is 4.53. The molecule has 0 amide bonds. The molecular weight excluding hydrogens is 348 g/mol. The van der Waals surface area contributed by atoms with Gasteiger partial charge in [0.05, 0.1) is 16.7 Å². The van der Waals surface area contributed by atoms with Crippen LogP contribution in [0, 0.1) is 0 Å². The number of nitrogens with one attached hydrogen (secondary N) is 1. The first-order valence-corrected chi connectivity index (χ1v) is 9.04. The fourth-order valence-electron chi connectivity index (χ4n) is 3.28. The highest BCUT2D eigenvalue weighted by atomic mass is 32.1. The number of para-hydroxylation sites is 1. The van der Waals surface area contributed by atoms with E-state index in [1.54, 1.807) is 11.3 Å². The lowest BCUT2D eigenvalue weighted by Gasteiger charge is -2.00. The zero-order chi connectivity index (χ0) is 17.1. The van der Waals surface area contributed by atoms with E-state index >= 15 is 0 Å².